The second-order valence-corrected chi connectivity index (χ2v) is 10.5. The molecule has 2 aromatic carbocycles. The molecule has 2 aliphatic heterocycles. The summed E-state index contributed by atoms with van der Waals surface area (Å²) in [5, 5.41) is 10.6. The fraction of sp³-hybridized carbons (Fsp3) is 0.333. The van der Waals surface area contributed by atoms with Crippen LogP contribution in [0.1, 0.15) is 18.4 Å². The highest BCUT2D eigenvalue weighted by Gasteiger charge is 2.38. The number of nitrogens with one attached hydrogen (secondary N) is 3. The summed E-state index contributed by atoms with van der Waals surface area (Å²) < 4.78 is 26.1. The number of piperidine rings is 1. The average Bonchev–Trinajstić information content (AvgIpc) is 3.27. The molecule has 3 N–H and O–H groups in total. The van der Waals surface area contributed by atoms with E-state index in [1.54, 1.807) is 30.3 Å². The average molecular weight is 451 g/mol. The molecule has 0 bridgehead atoms. The van der Waals surface area contributed by atoms with E-state index >= 15 is 0 Å². The molecule has 3 aromatic rings. The number of nitrogens with zero attached hydrogens (tertiary/aromatic N) is 1. The molecule has 2 saturated heterocycles. The molecule has 3 unspecified atom stereocenters. The topological polar surface area (TPSA) is 100 Å². The Hall–Kier alpha value is -2.81. The fourth-order valence-electron chi connectivity index (χ4n) is 4.63. The molecule has 0 saturated carbocycles. The quantitative estimate of drug-likeness (QED) is 0.550. The van der Waals surface area contributed by atoms with E-state index in [9.17, 15) is 13.2 Å². The van der Waals surface area contributed by atoms with Gasteiger partial charge in [0.2, 0.25) is 15.7 Å². The van der Waals surface area contributed by atoms with Crippen LogP contribution in [0.3, 0.4) is 0 Å². The van der Waals surface area contributed by atoms with E-state index in [-0.39, 0.29) is 21.7 Å². The highest BCUT2D eigenvalue weighted by Crippen LogP contribution is 2.25. The number of aromatic nitrogens is 1. The lowest BCUT2D eigenvalue weighted by Crippen LogP contribution is -2.45. The molecule has 3 heterocycles. The van der Waals surface area contributed by atoms with Crippen LogP contribution in [0.25, 0.3) is 10.9 Å². The van der Waals surface area contributed by atoms with Gasteiger partial charge in [-0.1, -0.05) is 30.3 Å². The number of sulfone groups is 1. The van der Waals surface area contributed by atoms with Gasteiger partial charge >= 0.3 is 0 Å². The molecule has 166 valence electrons. The van der Waals surface area contributed by atoms with Gasteiger partial charge in [-0.15, -0.1) is 0 Å². The number of para-hydroxylation sites is 1. The number of fused-ring (bicyclic) bond motifs is 2. The Morgan fingerprint density at radius 3 is 2.72 bits per heavy atom. The number of hydrogen-bond donors (Lipinski definition) is 3. The number of amides is 1. The van der Waals surface area contributed by atoms with Crippen LogP contribution >= 0.6 is 0 Å². The maximum absolute atomic E-state index is 13.0. The maximum Gasteiger partial charge on any atom is 0.237 e. The van der Waals surface area contributed by atoms with Crippen LogP contribution in [0.5, 0.6) is 0 Å². The molecule has 1 aromatic heterocycles. The van der Waals surface area contributed by atoms with Crippen molar-refractivity contribution in [2.75, 3.05) is 13.1 Å². The molecule has 0 spiro atoms. The van der Waals surface area contributed by atoms with Crippen molar-refractivity contribution >= 4 is 26.6 Å². The summed E-state index contributed by atoms with van der Waals surface area (Å²) in [6.07, 6.45) is 3.30. The van der Waals surface area contributed by atoms with Gasteiger partial charge in [0.1, 0.15) is 0 Å². The molecule has 3 atom stereocenters. The summed E-state index contributed by atoms with van der Waals surface area (Å²) in [6.45, 7) is 2.32. The van der Waals surface area contributed by atoms with Gasteiger partial charge in [-0.05, 0) is 61.7 Å². The Morgan fingerprint density at radius 2 is 1.91 bits per heavy atom. The second-order valence-electron chi connectivity index (χ2n) is 8.54. The Kier molecular flexibility index (Phi) is 5.67. The zero-order chi connectivity index (χ0) is 22.1. The van der Waals surface area contributed by atoms with Crippen molar-refractivity contribution in [3.63, 3.8) is 0 Å². The lowest BCUT2D eigenvalue weighted by atomic mass is 9.94. The van der Waals surface area contributed by atoms with Crippen LogP contribution < -0.4 is 16.0 Å². The molecule has 0 radical (unpaired) electrons. The van der Waals surface area contributed by atoms with E-state index in [1.165, 1.54) is 6.20 Å². The maximum atomic E-state index is 13.0. The summed E-state index contributed by atoms with van der Waals surface area (Å²) in [6, 6.07) is 16.0. The first-order chi connectivity index (χ1) is 15.5. The Balaban J connectivity index is 1.24. The number of carbonyl (C=O) groups is 1. The van der Waals surface area contributed by atoms with Crippen molar-refractivity contribution in [3.8, 4) is 0 Å². The van der Waals surface area contributed by atoms with Crippen molar-refractivity contribution in [1.82, 2.24) is 20.9 Å². The zero-order valence-corrected chi connectivity index (χ0v) is 18.4. The largest absolute Gasteiger partial charge is 0.351 e. The molecule has 32 heavy (non-hydrogen) atoms. The minimum atomic E-state index is -3.67. The highest BCUT2D eigenvalue weighted by molar-refractivity contribution is 7.91. The van der Waals surface area contributed by atoms with E-state index in [0.29, 0.717) is 18.5 Å². The van der Waals surface area contributed by atoms with Crippen molar-refractivity contribution in [1.29, 1.82) is 0 Å². The van der Waals surface area contributed by atoms with Gasteiger partial charge in [0.25, 0.3) is 0 Å². The van der Waals surface area contributed by atoms with Gasteiger partial charge in [-0.3, -0.25) is 9.78 Å². The Labute approximate surface area is 187 Å². The third kappa shape index (κ3) is 4.13. The minimum Gasteiger partial charge on any atom is -0.351 e. The van der Waals surface area contributed by atoms with Crippen LogP contribution in [0.15, 0.2) is 70.6 Å². The molecule has 7 nitrogen and oxygen atoms in total. The van der Waals surface area contributed by atoms with Crippen LogP contribution in [-0.4, -0.2) is 44.5 Å². The van der Waals surface area contributed by atoms with Crippen LogP contribution in [-0.2, 0) is 21.2 Å². The minimum absolute atomic E-state index is 0.00154. The van der Waals surface area contributed by atoms with Gasteiger partial charge in [0.05, 0.1) is 21.3 Å². The summed E-state index contributed by atoms with van der Waals surface area (Å²) in [5.41, 5.74) is 1.61. The smallest absolute Gasteiger partial charge is 0.237 e. The Bertz CT molecular complexity index is 1230. The first-order valence-electron chi connectivity index (χ1n) is 10.9. The highest BCUT2D eigenvalue weighted by atomic mass is 32.2. The lowest BCUT2D eigenvalue weighted by Gasteiger charge is -2.25. The monoisotopic (exact) mass is 450 g/mol. The van der Waals surface area contributed by atoms with Crippen molar-refractivity contribution < 1.29 is 13.2 Å². The predicted molar refractivity (Wildman–Crippen MR) is 122 cm³/mol. The van der Waals surface area contributed by atoms with Crippen molar-refractivity contribution in [3.05, 3.63) is 66.4 Å². The number of carbonyl (C=O) groups excluding carboxylic acids is 1. The number of rotatable bonds is 5. The van der Waals surface area contributed by atoms with Crippen LogP contribution in [0, 0.1) is 5.92 Å². The molecule has 2 fully saturated rings. The number of hydrogen-bond acceptors (Lipinski definition) is 6. The molecule has 2 aliphatic rings. The van der Waals surface area contributed by atoms with E-state index in [4.69, 9.17) is 0 Å². The van der Waals surface area contributed by atoms with Gasteiger partial charge in [0, 0.05) is 24.2 Å². The summed E-state index contributed by atoms with van der Waals surface area (Å²) in [7, 11) is -3.67. The lowest BCUT2D eigenvalue weighted by molar-refractivity contribution is -0.123. The van der Waals surface area contributed by atoms with E-state index < -0.39 is 9.84 Å². The van der Waals surface area contributed by atoms with Gasteiger partial charge < -0.3 is 16.0 Å². The predicted octanol–water partition coefficient (Wildman–Crippen LogP) is 2.02. The number of benzene rings is 2. The van der Waals surface area contributed by atoms with Gasteiger partial charge in [0.15, 0.2) is 0 Å². The normalized spacial score (nSPS) is 23.1. The standard InChI is InChI=1S/C24H26N4O3S/c29-24(23-12-18-14-25-10-9-22(18)28-23)27-13-16-5-7-19(8-6-16)32(30,31)20-11-17-3-1-2-4-21(17)26-15-20/h1-8,11,15,18,22-23,25,28H,9-10,12-14H2,(H,27,29). The van der Waals surface area contributed by atoms with Crippen LogP contribution in [0.2, 0.25) is 0 Å². The molecule has 1 amide bonds. The van der Waals surface area contributed by atoms with Crippen LogP contribution in [0.4, 0.5) is 0 Å². The SMILES string of the molecule is O=C(NCc1ccc(S(=O)(=O)c2cnc3ccccc3c2)cc1)C1CC2CNCCC2N1. The molecule has 5 rings (SSSR count). The summed E-state index contributed by atoms with van der Waals surface area (Å²) in [4.78, 5) is 17.2. The Morgan fingerprint density at radius 1 is 1.09 bits per heavy atom. The third-order valence-corrected chi connectivity index (χ3v) is 8.19. The molecule has 0 aliphatic carbocycles. The van der Waals surface area contributed by atoms with Gasteiger partial charge in [-0.25, -0.2) is 8.42 Å². The first kappa shape index (κ1) is 21.1. The fourth-order valence-corrected chi connectivity index (χ4v) is 5.87. The first-order valence-corrected chi connectivity index (χ1v) is 12.4. The second kappa shape index (κ2) is 8.61. The molecular weight excluding hydrogens is 424 g/mol. The third-order valence-electron chi connectivity index (χ3n) is 6.45. The van der Waals surface area contributed by atoms with E-state index in [2.05, 4.69) is 20.9 Å². The zero-order valence-electron chi connectivity index (χ0n) is 17.6. The summed E-state index contributed by atoms with van der Waals surface area (Å²) >= 11 is 0. The summed E-state index contributed by atoms with van der Waals surface area (Å²) in [5.74, 6) is 0.506. The molecular formula is C24H26N4O3S. The number of pyridine rings is 1. The van der Waals surface area contributed by atoms with Gasteiger partial charge in [-0.2, -0.15) is 0 Å². The van der Waals surface area contributed by atoms with Crippen molar-refractivity contribution in [2.45, 2.75) is 41.3 Å². The van der Waals surface area contributed by atoms with E-state index in [1.807, 2.05) is 24.3 Å². The van der Waals surface area contributed by atoms with E-state index in [0.717, 1.165) is 42.4 Å². The van der Waals surface area contributed by atoms with Crippen molar-refractivity contribution in [2.24, 2.45) is 5.92 Å². The molecule has 8 heteroatoms.